The first-order chi connectivity index (χ1) is 10.5. The molecule has 3 aliphatic rings. The Kier molecular flexibility index (Phi) is 3.23. The van der Waals surface area contributed by atoms with Gasteiger partial charge in [0.2, 0.25) is 0 Å². The maximum absolute atomic E-state index is 11.6. The number of Topliss-reactive ketones (excluding diaryl/α,β-unsaturated/α-hetero) is 1. The van der Waals surface area contributed by atoms with Gasteiger partial charge in [-0.3, -0.25) is 4.79 Å². The second-order valence-corrected chi connectivity index (χ2v) is 8.02. The monoisotopic (exact) mass is 298 g/mol. The highest BCUT2D eigenvalue weighted by Crippen LogP contribution is 2.60. The topological polar surface area (TPSA) is 37.3 Å². The molecule has 1 aromatic carbocycles. The SMILES string of the molecule is CC(=O)c1ccc2c(c1)CCC1C2CCC2(C)C(O)CCC12. The van der Waals surface area contributed by atoms with Gasteiger partial charge in [-0.25, -0.2) is 0 Å². The first-order valence-corrected chi connectivity index (χ1v) is 8.82. The van der Waals surface area contributed by atoms with Gasteiger partial charge in [-0.2, -0.15) is 0 Å². The van der Waals surface area contributed by atoms with E-state index in [0.29, 0.717) is 11.8 Å². The van der Waals surface area contributed by atoms with Crippen LogP contribution in [0.5, 0.6) is 0 Å². The van der Waals surface area contributed by atoms with Crippen molar-refractivity contribution in [3.63, 3.8) is 0 Å². The van der Waals surface area contributed by atoms with Crippen molar-refractivity contribution in [3.05, 3.63) is 34.9 Å². The maximum atomic E-state index is 11.6. The molecule has 0 heterocycles. The smallest absolute Gasteiger partial charge is 0.159 e. The van der Waals surface area contributed by atoms with E-state index in [1.165, 1.54) is 30.4 Å². The van der Waals surface area contributed by atoms with Crippen molar-refractivity contribution < 1.29 is 9.90 Å². The van der Waals surface area contributed by atoms with Gasteiger partial charge in [0.15, 0.2) is 5.78 Å². The summed E-state index contributed by atoms with van der Waals surface area (Å²) in [4.78, 5) is 11.6. The van der Waals surface area contributed by atoms with E-state index in [0.717, 1.165) is 30.7 Å². The fraction of sp³-hybridized carbons (Fsp3) is 0.650. The second kappa shape index (κ2) is 4.92. The lowest BCUT2D eigenvalue weighted by molar-refractivity contribution is -0.0226. The zero-order chi connectivity index (χ0) is 15.5. The lowest BCUT2D eigenvalue weighted by Gasteiger charge is -2.50. The molecule has 118 valence electrons. The number of aliphatic hydroxyl groups is 1. The second-order valence-electron chi connectivity index (χ2n) is 8.02. The average Bonchev–Trinajstić information content (AvgIpc) is 2.82. The van der Waals surface area contributed by atoms with Crippen LogP contribution >= 0.6 is 0 Å². The highest BCUT2D eigenvalue weighted by molar-refractivity contribution is 5.94. The number of hydrogen-bond acceptors (Lipinski definition) is 2. The minimum atomic E-state index is -0.0973. The molecule has 0 aromatic heterocycles. The molecule has 0 radical (unpaired) electrons. The van der Waals surface area contributed by atoms with E-state index in [2.05, 4.69) is 19.1 Å². The predicted molar refractivity (Wildman–Crippen MR) is 87.1 cm³/mol. The van der Waals surface area contributed by atoms with Crippen LogP contribution in [0.2, 0.25) is 0 Å². The molecule has 0 amide bonds. The van der Waals surface area contributed by atoms with Crippen molar-refractivity contribution in [1.82, 2.24) is 0 Å². The molecule has 2 nitrogen and oxygen atoms in total. The van der Waals surface area contributed by atoms with Crippen molar-refractivity contribution in [1.29, 1.82) is 0 Å². The Labute approximate surface area is 132 Å². The van der Waals surface area contributed by atoms with Gasteiger partial charge in [0.05, 0.1) is 6.10 Å². The van der Waals surface area contributed by atoms with Gasteiger partial charge in [0.1, 0.15) is 0 Å². The summed E-state index contributed by atoms with van der Waals surface area (Å²) in [5.41, 5.74) is 3.90. The molecule has 2 heteroatoms. The molecule has 0 saturated heterocycles. The number of benzene rings is 1. The Morgan fingerprint density at radius 1 is 1.23 bits per heavy atom. The highest BCUT2D eigenvalue weighted by atomic mass is 16.3. The Hall–Kier alpha value is -1.15. The van der Waals surface area contributed by atoms with Gasteiger partial charge >= 0.3 is 0 Å². The van der Waals surface area contributed by atoms with Crippen LogP contribution in [0.1, 0.15) is 73.4 Å². The molecule has 0 spiro atoms. The predicted octanol–water partition coefficient (Wildman–Crippen LogP) is 4.11. The van der Waals surface area contributed by atoms with Crippen molar-refractivity contribution in [2.24, 2.45) is 17.3 Å². The number of fused-ring (bicyclic) bond motifs is 5. The molecule has 1 N–H and O–H groups in total. The van der Waals surface area contributed by atoms with Crippen LogP contribution in [0.3, 0.4) is 0 Å². The number of ketones is 1. The lowest BCUT2D eigenvalue weighted by Crippen LogP contribution is -2.43. The van der Waals surface area contributed by atoms with Crippen molar-refractivity contribution in [2.45, 2.75) is 64.4 Å². The van der Waals surface area contributed by atoms with E-state index >= 15 is 0 Å². The average molecular weight is 298 g/mol. The van der Waals surface area contributed by atoms with E-state index < -0.39 is 0 Å². The van der Waals surface area contributed by atoms with E-state index in [1.807, 2.05) is 6.07 Å². The molecule has 2 saturated carbocycles. The summed E-state index contributed by atoms with van der Waals surface area (Å²) in [6.45, 7) is 3.97. The molecule has 0 bridgehead atoms. The Morgan fingerprint density at radius 2 is 2.05 bits per heavy atom. The number of aliphatic hydroxyl groups excluding tert-OH is 1. The van der Waals surface area contributed by atoms with E-state index in [-0.39, 0.29) is 17.3 Å². The maximum Gasteiger partial charge on any atom is 0.159 e. The molecule has 4 rings (SSSR count). The Morgan fingerprint density at radius 3 is 2.82 bits per heavy atom. The quantitative estimate of drug-likeness (QED) is 0.792. The summed E-state index contributed by atoms with van der Waals surface area (Å²) < 4.78 is 0. The molecular formula is C20H26O2. The number of hydrogen-bond donors (Lipinski definition) is 1. The van der Waals surface area contributed by atoms with Gasteiger partial charge in [-0.15, -0.1) is 0 Å². The third-order valence-corrected chi connectivity index (χ3v) is 7.08. The Balaban J connectivity index is 1.69. The number of aryl methyl sites for hydroxylation is 1. The molecule has 2 fully saturated rings. The fourth-order valence-electron chi connectivity index (χ4n) is 5.77. The first kappa shape index (κ1) is 14.4. The van der Waals surface area contributed by atoms with Crippen molar-refractivity contribution in [3.8, 4) is 0 Å². The molecule has 5 atom stereocenters. The lowest BCUT2D eigenvalue weighted by atomic mass is 9.55. The standard InChI is InChI=1S/C20H26O2/c1-12(21)13-3-5-15-14(11-13)4-6-17-16(15)9-10-20(2)18(17)7-8-19(20)22/h3,5,11,16-19,22H,4,6-10H2,1-2H3. The largest absolute Gasteiger partial charge is 0.393 e. The summed E-state index contributed by atoms with van der Waals surface area (Å²) in [5, 5.41) is 10.4. The molecule has 3 aliphatic carbocycles. The van der Waals surface area contributed by atoms with Crippen LogP contribution in [-0.4, -0.2) is 17.0 Å². The van der Waals surface area contributed by atoms with Crippen molar-refractivity contribution >= 4 is 5.78 Å². The molecule has 5 unspecified atom stereocenters. The van der Waals surface area contributed by atoms with Crippen LogP contribution in [0.25, 0.3) is 0 Å². The summed E-state index contributed by atoms with van der Waals surface area (Å²) in [6, 6.07) is 6.36. The summed E-state index contributed by atoms with van der Waals surface area (Å²) >= 11 is 0. The van der Waals surface area contributed by atoms with Gasteiger partial charge in [-0.1, -0.05) is 19.1 Å². The van der Waals surface area contributed by atoms with Gasteiger partial charge in [0, 0.05) is 5.56 Å². The third kappa shape index (κ3) is 1.93. The van der Waals surface area contributed by atoms with Gasteiger partial charge in [-0.05, 0) is 85.8 Å². The minimum Gasteiger partial charge on any atom is -0.393 e. The molecule has 22 heavy (non-hydrogen) atoms. The summed E-state index contributed by atoms with van der Waals surface area (Å²) in [5.74, 6) is 2.22. The van der Waals surface area contributed by atoms with E-state index in [9.17, 15) is 9.90 Å². The number of carbonyl (C=O) groups excluding carboxylic acids is 1. The van der Waals surface area contributed by atoms with Crippen molar-refractivity contribution in [2.75, 3.05) is 0 Å². The minimum absolute atomic E-state index is 0.0973. The van der Waals surface area contributed by atoms with E-state index in [4.69, 9.17) is 0 Å². The fourth-order valence-corrected chi connectivity index (χ4v) is 5.77. The highest BCUT2D eigenvalue weighted by Gasteiger charge is 2.54. The third-order valence-electron chi connectivity index (χ3n) is 7.08. The zero-order valence-corrected chi connectivity index (χ0v) is 13.6. The van der Waals surface area contributed by atoms with Gasteiger partial charge < -0.3 is 5.11 Å². The molecule has 0 aliphatic heterocycles. The molecular weight excluding hydrogens is 272 g/mol. The van der Waals surface area contributed by atoms with Crippen LogP contribution in [-0.2, 0) is 6.42 Å². The summed E-state index contributed by atoms with van der Waals surface area (Å²) in [7, 11) is 0. The van der Waals surface area contributed by atoms with Crippen LogP contribution in [0.4, 0.5) is 0 Å². The normalized spacial score (nSPS) is 39.8. The Bertz CT molecular complexity index is 620. The molecule has 1 aromatic rings. The van der Waals surface area contributed by atoms with Crippen LogP contribution < -0.4 is 0 Å². The number of rotatable bonds is 1. The first-order valence-electron chi connectivity index (χ1n) is 8.82. The van der Waals surface area contributed by atoms with Crippen LogP contribution in [0, 0.1) is 17.3 Å². The summed E-state index contributed by atoms with van der Waals surface area (Å²) in [6.07, 6.45) is 6.75. The van der Waals surface area contributed by atoms with Gasteiger partial charge in [0.25, 0.3) is 0 Å². The van der Waals surface area contributed by atoms with E-state index in [1.54, 1.807) is 6.92 Å². The van der Waals surface area contributed by atoms with Crippen LogP contribution in [0.15, 0.2) is 18.2 Å². The number of carbonyl (C=O) groups is 1. The zero-order valence-electron chi connectivity index (χ0n) is 13.6.